The van der Waals surface area contributed by atoms with Crippen molar-refractivity contribution in [2.45, 2.75) is 37.5 Å². The molecule has 58 heavy (non-hydrogen) atoms. The molecule has 8 aromatic carbocycles. The molecule has 278 valence electrons. The van der Waals surface area contributed by atoms with Crippen LogP contribution < -0.4 is 4.90 Å². The summed E-state index contributed by atoms with van der Waals surface area (Å²) in [4.78, 5) is 2.43. The van der Waals surface area contributed by atoms with Gasteiger partial charge < -0.3 is 9.47 Å². The normalized spacial score (nSPS) is 22.6. The lowest BCUT2D eigenvalue weighted by atomic mass is 9.43. The van der Waals surface area contributed by atoms with E-state index in [2.05, 4.69) is 191 Å². The molecule has 4 saturated carbocycles. The quantitative estimate of drug-likeness (QED) is 0.170. The van der Waals surface area contributed by atoms with Gasteiger partial charge in [-0.05, 0) is 161 Å². The molecule has 4 bridgehead atoms. The van der Waals surface area contributed by atoms with Crippen molar-refractivity contribution in [2.75, 3.05) is 4.90 Å². The SMILES string of the molecule is c1ccc(-n2c3ccccc3c3ccc(N(c4ccc(-c5ccc6c(c5)-c5ccccc5C65C6CC7CC(C6)CC5C7)cc4)c4ccc5ccccc5c4)cc32)cc1. The van der Waals surface area contributed by atoms with Gasteiger partial charge in [-0.1, -0.05) is 121 Å². The van der Waals surface area contributed by atoms with Crippen LogP contribution in [0, 0.1) is 23.7 Å². The second-order valence-corrected chi connectivity index (χ2v) is 17.8. The first-order valence-electron chi connectivity index (χ1n) is 21.4. The molecule has 0 unspecified atom stereocenters. The molecule has 14 rings (SSSR count). The number of para-hydroxylation sites is 2. The maximum atomic E-state index is 2.54. The Morgan fingerprint density at radius 1 is 0.414 bits per heavy atom. The standard InChI is InChI=1S/C56H44N2/c1-2-12-44(13-3-1)58-54-17-9-7-15-49(54)50-26-25-47(35-55(50)58)57(46-24-20-38-10-4-5-11-40(38)33-46)45-22-18-39(19-23-45)41-21-27-53-51(34-41)48-14-6-8-16-52(48)56(53)42-29-36-28-37(31-42)32-43(56)30-36/h1-27,33-37,42-43H,28-32H2. The average molecular weight is 745 g/mol. The van der Waals surface area contributed by atoms with Gasteiger partial charge >= 0.3 is 0 Å². The maximum absolute atomic E-state index is 2.54. The van der Waals surface area contributed by atoms with Crippen LogP contribution in [0.4, 0.5) is 17.1 Å². The number of fused-ring (bicyclic) bond motifs is 7. The summed E-state index contributed by atoms with van der Waals surface area (Å²) in [5, 5.41) is 5.00. The van der Waals surface area contributed by atoms with Gasteiger partial charge in [0.2, 0.25) is 0 Å². The van der Waals surface area contributed by atoms with Gasteiger partial charge in [-0.25, -0.2) is 0 Å². The molecule has 0 amide bonds. The number of hydrogen-bond acceptors (Lipinski definition) is 1. The molecule has 1 spiro atoms. The van der Waals surface area contributed by atoms with Crippen molar-refractivity contribution >= 4 is 49.6 Å². The first kappa shape index (κ1) is 32.7. The Labute approximate surface area is 340 Å². The molecule has 0 atom stereocenters. The van der Waals surface area contributed by atoms with Crippen LogP contribution in [0.25, 0.3) is 60.5 Å². The Hall–Kier alpha value is -6.38. The van der Waals surface area contributed by atoms with E-state index in [9.17, 15) is 0 Å². The Kier molecular flexibility index (Phi) is 6.94. The predicted octanol–water partition coefficient (Wildman–Crippen LogP) is 14.8. The fourth-order valence-electron chi connectivity index (χ4n) is 12.9. The van der Waals surface area contributed by atoms with Crippen molar-refractivity contribution in [2.24, 2.45) is 23.7 Å². The number of hydrogen-bond donors (Lipinski definition) is 0. The third kappa shape index (κ3) is 4.60. The highest BCUT2D eigenvalue weighted by Gasteiger charge is 2.61. The first-order valence-corrected chi connectivity index (χ1v) is 21.4. The van der Waals surface area contributed by atoms with Crippen LogP contribution in [-0.2, 0) is 5.41 Å². The zero-order valence-corrected chi connectivity index (χ0v) is 32.6. The third-order valence-electron chi connectivity index (χ3n) is 14.9. The van der Waals surface area contributed by atoms with Gasteiger partial charge in [-0.15, -0.1) is 0 Å². The molecular formula is C56H44N2. The van der Waals surface area contributed by atoms with E-state index in [-0.39, 0.29) is 5.41 Å². The molecule has 1 aromatic heterocycles. The molecule has 0 aliphatic heterocycles. The lowest BCUT2D eigenvalue weighted by molar-refractivity contribution is -0.0399. The average Bonchev–Trinajstić information content (AvgIpc) is 3.76. The zero-order valence-electron chi connectivity index (χ0n) is 32.6. The summed E-state index contributed by atoms with van der Waals surface area (Å²) in [6, 6.07) is 68.3. The molecule has 5 aliphatic rings. The number of nitrogens with zero attached hydrogens (tertiary/aromatic N) is 2. The van der Waals surface area contributed by atoms with E-state index >= 15 is 0 Å². The number of anilines is 3. The Morgan fingerprint density at radius 3 is 1.86 bits per heavy atom. The highest BCUT2D eigenvalue weighted by Crippen LogP contribution is 2.69. The van der Waals surface area contributed by atoms with Crippen LogP contribution in [0.2, 0.25) is 0 Å². The van der Waals surface area contributed by atoms with Crippen LogP contribution in [-0.4, -0.2) is 4.57 Å². The van der Waals surface area contributed by atoms with Gasteiger partial charge in [0, 0.05) is 38.9 Å². The molecule has 5 aliphatic carbocycles. The van der Waals surface area contributed by atoms with E-state index < -0.39 is 0 Å². The van der Waals surface area contributed by atoms with Crippen LogP contribution in [0.15, 0.2) is 182 Å². The van der Waals surface area contributed by atoms with Crippen LogP contribution >= 0.6 is 0 Å². The first-order chi connectivity index (χ1) is 28.7. The summed E-state index contributed by atoms with van der Waals surface area (Å²) < 4.78 is 2.41. The smallest absolute Gasteiger partial charge is 0.0561 e. The minimum atomic E-state index is 0.204. The lowest BCUT2D eigenvalue weighted by Gasteiger charge is -2.61. The molecule has 0 saturated heterocycles. The predicted molar refractivity (Wildman–Crippen MR) is 242 cm³/mol. The van der Waals surface area contributed by atoms with Crippen LogP contribution in [0.3, 0.4) is 0 Å². The lowest BCUT2D eigenvalue weighted by Crippen LogP contribution is -2.55. The summed E-state index contributed by atoms with van der Waals surface area (Å²) in [7, 11) is 0. The molecular weight excluding hydrogens is 701 g/mol. The maximum Gasteiger partial charge on any atom is 0.0561 e. The monoisotopic (exact) mass is 744 g/mol. The number of benzene rings is 8. The molecule has 9 aromatic rings. The second-order valence-electron chi connectivity index (χ2n) is 17.8. The molecule has 2 heteroatoms. The number of aromatic nitrogens is 1. The van der Waals surface area contributed by atoms with E-state index in [1.54, 1.807) is 11.1 Å². The van der Waals surface area contributed by atoms with Gasteiger partial charge in [0.15, 0.2) is 0 Å². The molecule has 4 fully saturated rings. The van der Waals surface area contributed by atoms with Crippen molar-refractivity contribution < 1.29 is 0 Å². The molecule has 1 heterocycles. The van der Waals surface area contributed by atoms with E-state index in [0.717, 1.165) is 40.7 Å². The summed E-state index contributed by atoms with van der Waals surface area (Å²) in [6.45, 7) is 0. The van der Waals surface area contributed by atoms with Crippen molar-refractivity contribution in [3.8, 4) is 27.9 Å². The van der Waals surface area contributed by atoms with Gasteiger partial charge in [0.05, 0.1) is 11.0 Å². The molecule has 0 N–H and O–H groups in total. The summed E-state index contributed by atoms with van der Waals surface area (Å²) in [5.41, 5.74) is 16.0. The van der Waals surface area contributed by atoms with Crippen molar-refractivity contribution in [3.63, 3.8) is 0 Å². The summed E-state index contributed by atoms with van der Waals surface area (Å²) in [5.74, 6) is 3.47. The van der Waals surface area contributed by atoms with E-state index in [1.165, 1.54) is 92.6 Å². The van der Waals surface area contributed by atoms with Gasteiger partial charge in [-0.3, -0.25) is 0 Å². The minimum Gasteiger partial charge on any atom is -0.310 e. The van der Waals surface area contributed by atoms with E-state index in [1.807, 2.05) is 0 Å². The fourth-order valence-corrected chi connectivity index (χ4v) is 12.9. The van der Waals surface area contributed by atoms with Gasteiger partial charge in [0.25, 0.3) is 0 Å². The highest BCUT2D eigenvalue weighted by molar-refractivity contribution is 6.10. The van der Waals surface area contributed by atoms with Gasteiger partial charge in [-0.2, -0.15) is 0 Å². The summed E-state index contributed by atoms with van der Waals surface area (Å²) in [6.07, 6.45) is 7.15. The van der Waals surface area contributed by atoms with E-state index in [4.69, 9.17) is 0 Å². The third-order valence-corrected chi connectivity index (χ3v) is 14.9. The van der Waals surface area contributed by atoms with E-state index in [0.29, 0.717) is 0 Å². The topological polar surface area (TPSA) is 8.17 Å². The second kappa shape index (κ2) is 12.3. The summed E-state index contributed by atoms with van der Waals surface area (Å²) >= 11 is 0. The Balaban J connectivity index is 0.938. The fraction of sp³-hybridized carbons (Fsp3) is 0.179. The zero-order chi connectivity index (χ0) is 38.0. The van der Waals surface area contributed by atoms with Crippen LogP contribution in [0.1, 0.15) is 43.2 Å². The minimum absolute atomic E-state index is 0.204. The van der Waals surface area contributed by atoms with Gasteiger partial charge in [0.1, 0.15) is 0 Å². The van der Waals surface area contributed by atoms with Crippen molar-refractivity contribution in [1.82, 2.24) is 4.57 Å². The highest BCUT2D eigenvalue weighted by atomic mass is 15.1. The van der Waals surface area contributed by atoms with Crippen molar-refractivity contribution in [1.29, 1.82) is 0 Å². The van der Waals surface area contributed by atoms with Crippen molar-refractivity contribution in [3.05, 3.63) is 193 Å². The Bertz CT molecular complexity index is 3050. The molecule has 2 nitrogen and oxygen atoms in total. The Morgan fingerprint density at radius 2 is 1.03 bits per heavy atom. The largest absolute Gasteiger partial charge is 0.310 e. The molecule has 0 radical (unpaired) electrons. The van der Waals surface area contributed by atoms with Crippen LogP contribution in [0.5, 0.6) is 0 Å². The number of rotatable bonds is 5.